The molecular formula is C11H21N3. The first-order valence-corrected chi connectivity index (χ1v) is 5.52. The van der Waals surface area contributed by atoms with Gasteiger partial charge in [-0.2, -0.15) is 5.10 Å². The summed E-state index contributed by atoms with van der Waals surface area (Å²) in [5.41, 5.74) is 1.36. The van der Waals surface area contributed by atoms with Crippen molar-refractivity contribution < 1.29 is 0 Å². The fourth-order valence-corrected chi connectivity index (χ4v) is 1.45. The molecule has 3 nitrogen and oxygen atoms in total. The highest BCUT2D eigenvalue weighted by atomic mass is 15.3. The largest absolute Gasteiger partial charge is 0.320 e. The molecule has 0 aromatic carbocycles. The fourth-order valence-electron chi connectivity index (χ4n) is 1.45. The average molecular weight is 195 g/mol. The number of aryl methyl sites for hydroxylation is 2. The van der Waals surface area contributed by atoms with Crippen LogP contribution < -0.4 is 5.32 Å². The molecule has 0 saturated carbocycles. The first-order valence-electron chi connectivity index (χ1n) is 5.52. The topological polar surface area (TPSA) is 29.9 Å². The molecule has 0 fully saturated rings. The molecule has 0 spiro atoms. The Morgan fingerprint density at radius 2 is 2.29 bits per heavy atom. The van der Waals surface area contributed by atoms with Crippen molar-refractivity contribution in [3.63, 3.8) is 0 Å². The monoisotopic (exact) mass is 195 g/mol. The second-order valence-corrected chi connectivity index (χ2v) is 3.67. The predicted octanol–water partition coefficient (Wildman–Crippen LogP) is 1.84. The van der Waals surface area contributed by atoms with Gasteiger partial charge in [0.2, 0.25) is 0 Å². The summed E-state index contributed by atoms with van der Waals surface area (Å²) in [6, 6.07) is 0. The Labute approximate surface area is 86.5 Å². The van der Waals surface area contributed by atoms with Crippen LogP contribution in [0.25, 0.3) is 0 Å². The maximum absolute atomic E-state index is 4.33. The van der Waals surface area contributed by atoms with Crippen LogP contribution in [0, 0.1) is 0 Å². The number of aromatic nitrogens is 2. The molecule has 1 aromatic heterocycles. The van der Waals surface area contributed by atoms with Crippen LogP contribution in [0.15, 0.2) is 12.4 Å². The summed E-state index contributed by atoms with van der Waals surface area (Å²) in [6.07, 6.45) is 8.94. The van der Waals surface area contributed by atoms with Crippen LogP contribution in [0.5, 0.6) is 0 Å². The molecule has 14 heavy (non-hydrogen) atoms. The van der Waals surface area contributed by atoms with Crippen molar-refractivity contribution in [3.05, 3.63) is 18.0 Å². The number of nitrogens with one attached hydrogen (secondary N) is 1. The third-order valence-corrected chi connectivity index (χ3v) is 2.32. The van der Waals surface area contributed by atoms with E-state index >= 15 is 0 Å². The van der Waals surface area contributed by atoms with Gasteiger partial charge in [-0.25, -0.2) is 0 Å². The minimum absolute atomic E-state index is 1.06. The van der Waals surface area contributed by atoms with Crippen LogP contribution in [0.2, 0.25) is 0 Å². The third-order valence-electron chi connectivity index (χ3n) is 2.32. The lowest BCUT2D eigenvalue weighted by molar-refractivity contribution is 0.571. The molecule has 0 aliphatic rings. The van der Waals surface area contributed by atoms with E-state index in [2.05, 4.69) is 28.2 Å². The van der Waals surface area contributed by atoms with E-state index in [0.717, 1.165) is 19.5 Å². The standard InChI is InChI=1S/C11H21N3/c1-3-4-8-14-10-11(9-13-14)6-5-7-12-2/h9-10,12H,3-8H2,1-2H3. The molecule has 0 aliphatic carbocycles. The SMILES string of the molecule is CCCCn1cc(CCCNC)cn1. The molecule has 0 amide bonds. The molecule has 80 valence electrons. The van der Waals surface area contributed by atoms with Gasteiger partial charge in [-0.05, 0) is 38.4 Å². The van der Waals surface area contributed by atoms with E-state index in [1.54, 1.807) is 0 Å². The molecule has 0 radical (unpaired) electrons. The quantitative estimate of drug-likeness (QED) is 0.673. The maximum Gasteiger partial charge on any atom is 0.0521 e. The van der Waals surface area contributed by atoms with Crippen molar-refractivity contribution in [1.29, 1.82) is 0 Å². The molecule has 0 unspecified atom stereocenters. The molecule has 0 bridgehead atoms. The molecular weight excluding hydrogens is 174 g/mol. The molecule has 0 saturated heterocycles. The van der Waals surface area contributed by atoms with E-state index in [9.17, 15) is 0 Å². The van der Waals surface area contributed by atoms with Crippen molar-refractivity contribution >= 4 is 0 Å². The minimum atomic E-state index is 1.06. The van der Waals surface area contributed by atoms with E-state index in [4.69, 9.17) is 0 Å². The second-order valence-electron chi connectivity index (χ2n) is 3.67. The van der Waals surface area contributed by atoms with Crippen molar-refractivity contribution in [1.82, 2.24) is 15.1 Å². The van der Waals surface area contributed by atoms with E-state index in [1.807, 2.05) is 13.2 Å². The van der Waals surface area contributed by atoms with Gasteiger partial charge in [0.15, 0.2) is 0 Å². The van der Waals surface area contributed by atoms with Crippen LogP contribution in [0.3, 0.4) is 0 Å². The molecule has 1 N–H and O–H groups in total. The van der Waals surface area contributed by atoms with Gasteiger partial charge in [0.25, 0.3) is 0 Å². The lowest BCUT2D eigenvalue weighted by atomic mass is 10.2. The summed E-state index contributed by atoms with van der Waals surface area (Å²) in [4.78, 5) is 0. The number of unbranched alkanes of at least 4 members (excludes halogenated alkanes) is 1. The highest BCUT2D eigenvalue weighted by molar-refractivity contribution is 5.03. The lowest BCUT2D eigenvalue weighted by Gasteiger charge is -1.98. The van der Waals surface area contributed by atoms with Gasteiger partial charge in [-0.3, -0.25) is 4.68 Å². The van der Waals surface area contributed by atoms with E-state index in [1.165, 1.54) is 24.8 Å². The zero-order valence-corrected chi connectivity index (χ0v) is 9.29. The Morgan fingerprint density at radius 1 is 1.43 bits per heavy atom. The molecule has 0 aliphatic heterocycles. The van der Waals surface area contributed by atoms with Gasteiger partial charge in [0, 0.05) is 12.7 Å². The zero-order valence-electron chi connectivity index (χ0n) is 9.29. The Kier molecular flexibility index (Phi) is 5.30. The van der Waals surface area contributed by atoms with Gasteiger partial charge in [-0.15, -0.1) is 0 Å². The smallest absolute Gasteiger partial charge is 0.0521 e. The molecule has 0 atom stereocenters. The molecule has 3 heteroatoms. The third kappa shape index (κ3) is 3.92. The van der Waals surface area contributed by atoms with E-state index < -0.39 is 0 Å². The van der Waals surface area contributed by atoms with Crippen LogP contribution in [0.4, 0.5) is 0 Å². The zero-order chi connectivity index (χ0) is 10.2. The number of nitrogens with zero attached hydrogens (tertiary/aromatic N) is 2. The van der Waals surface area contributed by atoms with Gasteiger partial charge in [0.05, 0.1) is 6.20 Å². The van der Waals surface area contributed by atoms with Gasteiger partial charge in [0.1, 0.15) is 0 Å². The van der Waals surface area contributed by atoms with Gasteiger partial charge >= 0.3 is 0 Å². The van der Waals surface area contributed by atoms with E-state index in [0.29, 0.717) is 0 Å². The lowest BCUT2D eigenvalue weighted by Crippen LogP contribution is -2.08. The number of rotatable bonds is 7. The van der Waals surface area contributed by atoms with Gasteiger partial charge < -0.3 is 5.32 Å². The summed E-state index contributed by atoms with van der Waals surface area (Å²) in [5, 5.41) is 7.48. The van der Waals surface area contributed by atoms with Crippen molar-refractivity contribution in [2.24, 2.45) is 0 Å². The highest BCUT2D eigenvalue weighted by Gasteiger charge is 1.97. The van der Waals surface area contributed by atoms with Crippen LogP contribution in [-0.4, -0.2) is 23.4 Å². The fraction of sp³-hybridized carbons (Fsp3) is 0.727. The van der Waals surface area contributed by atoms with Crippen LogP contribution in [0.1, 0.15) is 31.7 Å². The Morgan fingerprint density at radius 3 is 3.00 bits per heavy atom. The minimum Gasteiger partial charge on any atom is -0.320 e. The maximum atomic E-state index is 4.33. The van der Waals surface area contributed by atoms with E-state index in [-0.39, 0.29) is 0 Å². The first-order chi connectivity index (χ1) is 6.86. The Bertz CT molecular complexity index is 242. The van der Waals surface area contributed by atoms with Crippen LogP contribution >= 0.6 is 0 Å². The Hall–Kier alpha value is -0.830. The van der Waals surface area contributed by atoms with Crippen molar-refractivity contribution in [3.8, 4) is 0 Å². The average Bonchev–Trinajstić information content (AvgIpc) is 2.63. The normalized spacial score (nSPS) is 10.7. The first kappa shape index (κ1) is 11.2. The molecule has 1 aromatic rings. The Balaban J connectivity index is 2.27. The number of hydrogen-bond donors (Lipinski definition) is 1. The number of hydrogen-bond acceptors (Lipinski definition) is 2. The predicted molar refractivity (Wildman–Crippen MR) is 59.4 cm³/mol. The van der Waals surface area contributed by atoms with Gasteiger partial charge in [-0.1, -0.05) is 13.3 Å². The summed E-state index contributed by atoms with van der Waals surface area (Å²) < 4.78 is 2.05. The second kappa shape index (κ2) is 6.60. The van der Waals surface area contributed by atoms with Crippen LogP contribution in [-0.2, 0) is 13.0 Å². The summed E-state index contributed by atoms with van der Waals surface area (Å²) in [5.74, 6) is 0. The molecule has 1 heterocycles. The summed E-state index contributed by atoms with van der Waals surface area (Å²) in [6.45, 7) is 4.35. The van der Waals surface area contributed by atoms with Crippen molar-refractivity contribution in [2.75, 3.05) is 13.6 Å². The summed E-state index contributed by atoms with van der Waals surface area (Å²) in [7, 11) is 1.99. The highest BCUT2D eigenvalue weighted by Crippen LogP contribution is 2.02. The molecule has 1 rings (SSSR count). The van der Waals surface area contributed by atoms with Crippen molar-refractivity contribution in [2.45, 2.75) is 39.2 Å². The summed E-state index contributed by atoms with van der Waals surface area (Å²) >= 11 is 0.